The van der Waals surface area contributed by atoms with Crippen molar-refractivity contribution in [3.8, 4) is 0 Å². The van der Waals surface area contributed by atoms with Crippen LogP contribution in [0.4, 0.5) is 0 Å². The van der Waals surface area contributed by atoms with Gasteiger partial charge in [-0.25, -0.2) is 8.42 Å². The highest BCUT2D eigenvalue weighted by atomic mass is 32.2. The fraction of sp³-hybridized carbons (Fsp3) is 0.632. The van der Waals surface area contributed by atoms with Gasteiger partial charge >= 0.3 is 0 Å². The van der Waals surface area contributed by atoms with Crippen molar-refractivity contribution >= 4 is 15.9 Å². The average Bonchev–Trinajstić information content (AvgIpc) is 2.64. The predicted molar refractivity (Wildman–Crippen MR) is 99.7 cm³/mol. The third kappa shape index (κ3) is 5.82. The Balaban J connectivity index is 2.11. The average molecular weight is 367 g/mol. The van der Waals surface area contributed by atoms with Gasteiger partial charge in [0.15, 0.2) is 0 Å². The van der Waals surface area contributed by atoms with Gasteiger partial charge in [-0.3, -0.25) is 4.79 Å². The molecule has 0 spiro atoms. The zero-order valence-electron chi connectivity index (χ0n) is 15.1. The van der Waals surface area contributed by atoms with Crippen molar-refractivity contribution in [1.82, 2.24) is 9.62 Å². The second-order valence-corrected chi connectivity index (χ2v) is 8.60. The molecule has 6 heteroatoms. The lowest BCUT2D eigenvalue weighted by Gasteiger charge is -2.33. The summed E-state index contributed by atoms with van der Waals surface area (Å²) < 4.78 is 27.6. The second-order valence-electron chi connectivity index (χ2n) is 6.71. The lowest BCUT2D eigenvalue weighted by atomic mass is 9.95. The molecule has 2 rings (SSSR count). The van der Waals surface area contributed by atoms with Gasteiger partial charge in [-0.05, 0) is 31.4 Å². The molecule has 0 heterocycles. The van der Waals surface area contributed by atoms with Crippen LogP contribution in [0.3, 0.4) is 0 Å². The molecule has 0 aliphatic heterocycles. The molecular weight excluding hydrogens is 336 g/mol. The number of unbranched alkanes of at least 4 members (excludes halogenated alkanes) is 2. The zero-order valence-corrected chi connectivity index (χ0v) is 15.9. The van der Waals surface area contributed by atoms with Gasteiger partial charge < -0.3 is 5.32 Å². The summed E-state index contributed by atoms with van der Waals surface area (Å²) in [7, 11) is -3.66. The van der Waals surface area contributed by atoms with Crippen LogP contribution < -0.4 is 5.32 Å². The van der Waals surface area contributed by atoms with E-state index in [-0.39, 0.29) is 23.4 Å². The fourth-order valence-corrected chi connectivity index (χ4v) is 4.97. The molecule has 0 atom stereocenters. The number of nitrogens with one attached hydrogen (secondary N) is 1. The van der Waals surface area contributed by atoms with E-state index >= 15 is 0 Å². The van der Waals surface area contributed by atoms with Crippen LogP contribution in [-0.2, 0) is 14.8 Å². The molecule has 0 radical (unpaired) electrons. The third-order valence-electron chi connectivity index (χ3n) is 4.73. The molecule has 1 aromatic carbocycles. The van der Waals surface area contributed by atoms with E-state index in [0.29, 0.717) is 6.54 Å². The summed E-state index contributed by atoms with van der Waals surface area (Å²) in [6, 6.07) is 8.35. The number of rotatable bonds is 9. The third-order valence-corrected chi connectivity index (χ3v) is 6.65. The molecule has 140 valence electrons. The minimum Gasteiger partial charge on any atom is -0.355 e. The van der Waals surface area contributed by atoms with Gasteiger partial charge in [0.25, 0.3) is 0 Å². The maximum Gasteiger partial charge on any atom is 0.243 e. The normalized spacial score (nSPS) is 16.1. The van der Waals surface area contributed by atoms with E-state index in [1.807, 2.05) is 0 Å². The smallest absolute Gasteiger partial charge is 0.243 e. The molecule has 0 bridgehead atoms. The first kappa shape index (κ1) is 19.9. The van der Waals surface area contributed by atoms with Gasteiger partial charge in [0.2, 0.25) is 15.9 Å². The standard InChI is InChI=1S/C19H30N2O3S/c1-2-3-10-15-20-19(22)16-21(17-11-6-4-7-12-17)25(23,24)18-13-8-5-9-14-18/h5,8-9,13-14,17H,2-4,6-7,10-12,15-16H2,1H3,(H,20,22). The largest absolute Gasteiger partial charge is 0.355 e. The number of carbonyl (C=O) groups excluding carboxylic acids is 1. The molecule has 1 N–H and O–H groups in total. The second kappa shape index (κ2) is 9.92. The van der Waals surface area contributed by atoms with E-state index in [2.05, 4.69) is 12.2 Å². The van der Waals surface area contributed by atoms with E-state index in [4.69, 9.17) is 0 Å². The quantitative estimate of drug-likeness (QED) is 0.682. The van der Waals surface area contributed by atoms with Gasteiger partial charge in [0.05, 0.1) is 11.4 Å². The molecule has 0 saturated heterocycles. The summed E-state index contributed by atoms with van der Waals surface area (Å²) in [5.74, 6) is -0.207. The van der Waals surface area contributed by atoms with Gasteiger partial charge in [-0.1, -0.05) is 57.2 Å². The van der Waals surface area contributed by atoms with Gasteiger partial charge in [0, 0.05) is 12.6 Å². The van der Waals surface area contributed by atoms with E-state index in [0.717, 1.165) is 51.4 Å². The van der Waals surface area contributed by atoms with Gasteiger partial charge in [-0.15, -0.1) is 0 Å². The Morgan fingerprint density at radius 2 is 1.80 bits per heavy atom. The van der Waals surface area contributed by atoms with Crippen LogP contribution in [-0.4, -0.2) is 37.8 Å². The summed E-state index contributed by atoms with van der Waals surface area (Å²) in [6.07, 6.45) is 7.91. The SMILES string of the molecule is CCCCCNC(=O)CN(C1CCCCC1)S(=O)(=O)c1ccccc1. The van der Waals surface area contributed by atoms with Crippen molar-refractivity contribution < 1.29 is 13.2 Å². The Bertz CT molecular complexity index is 625. The number of nitrogens with zero attached hydrogens (tertiary/aromatic N) is 1. The van der Waals surface area contributed by atoms with E-state index < -0.39 is 10.0 Å². The Kier molecular flexibility index (Phi) is 7.90. The minimum absolute atomic E-state index is 0.0830. The lowest BCUT2D eigenvalue weighted by molar-refractivity contribution is -0.121. The fourth-order valence-electron chi connectivity index (χ4n) is 3.31. The van der Waals surface area contributed by atoms with E-state index in [1.165, 1.54) is 4.31 Å². The van der Waals surface area contributed by atoms with Crippen LogP contribution in [0.15, 0.2) is 35.2 Å². The Morgan fingerprint density at radius 1 is 1.12 bits per heavy atom. The Morgan fingerprint density at radius 3 is 2.44 bits per heavy atom. The summed E-state index contributed by atoms with van der Waals surface area (Å²) in [5, 5.41) is 2.87. The number of benzene rings is 1. The van der Waals surface area contributed by atoms with Gasteiger partial charge in [-0.2, -0.15) is 4.31 Å². The molecule has 25 heavy (non-hydrogen) atoms. The summed E-state index contributed by atoms with van der Waals surface area (Å²) in [6.45, 7) is 2.63. The van der Waals surface area contributed by atoms with E-state index in [9.17, 15) is 13.2 Å². The molecule has 1 amide bonds. The highest BCUT2D eigenvalue weighted by Crippen LogP contribution is 2.27. The van der Waals surface area contributed by atoms with Gasteiger partial charge in [0.1, 0.15) is 0 Å². The maximum atomic E-state index is 13.1. The van der Waals surface area contributed by atoms with Crippen LogP contribution in [0, 0.1) is 0 Å². The molecule has 1 aliphatic carbocycles. The molecule has 1 aliphatic rings. The van der Waals surface area contributed by atoms with Crippen LogP contribution in [0.5, 0.6) is 0 Å². The topological polar surface area (TPSA) is 66.5 Å². The summed E-state index contributed by atoms with van der Waals surface area (Å²) in [5.41, 5.74) is 0. The number of carbonyl (C=O) groups is 1. The van der Waals surface area contributed by atoms with Crippen LogP contribution in [0.2, 0.25) is 0 Å². The molecule has 0 aromatic heterocycles. The molecule has 1 saturated carbocycles. The first-order chi connectivity index (χ1) is 12.1. The van der Waals surface area contributed by atoms with Crippen LogP contribution in [0.1, 0.15) is 58.3 Å². The van der Waals surface area contributed by atoms with Crippen molar-refractivity contribution in [3.63, 3.8) is 0 Å². The van der Waals surface area contributed by atoms with Crippen LogP contribution in [0.25, 0.3) is 0 Å². The molecule has 5 nitrogen and oxygen atoms in total. The zero-order chi connectivity index (χ0) is 18.1. The predicted octanol–water partition coefficient (Wildman–Crippen LogP) is 3.32. The van der Waals surface area contributed by atoms with Crippen molar-refractivity contribution in [3.05, 3.63) is 30.3 Å². The Hall–Kier alpha value is -1.40. The Labute approximate surface area is 151 Å². The number of hydrogen-bond acceptors (Lipinski definition) is 3. The lowest BCUT2D eigenvalue weighted by Crippen LogP contribution is -2.47. The molecule has 1 fully saturated rings. The van der Waals surface area contributed by atoms with Crippen molar-refractivity contribution in [2.24, 2.45) is 0 Å². The van der Waals surface area contributed by atoms with Crippen LogP contribution >= 0.6 is 0 Å². The molecule has 1 aromatic rings. The number of amides is 1. The number of sulfonamides is 1. The maximum absolute atomic E-state index is 13.1. The monoisotopic (exact) mass is 366 g/mol. The molecule has 0 unspecified atom stereocenters. The first-order valence-electron chi connectivity index (χ1n) is 9.39. The highest BCUT2D eigenvalue weighted by molar-refractivity contribution is 7.89. The van der Waals surface area contributed by atoms with Crippen molar-refractivity contribution in [1.29, 1.82) is 0 Å². The van der Waals surface area contributed by atoms with Crippen molar-refractivity contribution in [2.45, 2.75) is 69.2 Å². The van der Waals surface area contributed by atoms with E-state index in [1.54, 1.807) is 30.3 Å². The number of hydrogen-bond donors (Lipinski definition) is 1. The highest BCUT2D eigenvalue weighted by Gasteiger charge is 2.33. The first-order valence-corrected chi connectivity index (χ1v) is 10.8. The summed E-state index contributed by atoms with van der Waals surface area (Å²) >= 11 is 0. The molecular formula is C19H30N2O3S. The minimum atomic E-state index is -3.66. The summed E-state index contributed by atoms with van der Waals surface area (Å²) in [4.78, 5) is 12.6. The van der Waals surface area contributed by atoms with Crippen molar-refractivity contribution in [2.75, 3.05) is 13.1 Å².